The number of rotatable bonds is 4. The van der Waals surface area contributed by atoms with Crippen molar-refractivity contribution in [3.8, 4) is 5.75 Å². The summed E-state index contributed by atoms with van der Waals surface area (Å²) < 4.78 is 19.7. The van der Waals surface area contributed by atoms with Crippen LogP contribution < -0.4 is 10.1 Å². The van der Waals surface area contributed by atoms with Crippen LogP contribution in [0, 0.1) is 5.82 Å². The maximum atomic E-state index is 13.0. The van der Waals surface area contributed by atoms with Crippen LogP contribution in [0.3, 0.4) is 0 Å². The Morgan fingerprint density at radius 1 is 1.28 bits per heavy atom. The monoisotopic (exact) mass is 420 g/mol. The van der Waals surface area contributed by atoms with Gasteiger partial charge in [0, 0.05) is 17.1 Å². The van der Waals surface area contributed by atoms with Gasteiger partial charge in [0.15, 0.2) is 5.11 Å². The van der Waals surface area contributed by atoms with Crippen molar-refractivity contribution < 1.29 is 13.9 Å². The molecule has 1 N–H and O–H groups in total. The number of ether oxygens (including phenoxy) is 1. The smallest absolute Gasteiger partial charge is 0.276 e. The zero-order valence-corrected chi connectivity index (χ0v) is 15.7. The SMILES string of the molecule is CN1C(=O)C(=Cc2cc(Br)ccc2OCc2ccc(F)cc2)NC1=S. The van der Waals surface area contributed by atoms with Gasteiger partial charge >= 0.3 is 0 Å². The van der Waals surface area contributed by atoms with E-state index in [2.05, 4.69) is 21.2 Å². The standard InChI is InChI=1S/C18H14BrFN2O2S/c1-22-17(23)15(21-18(22)25)9-12-8-13(19)4-7-16(12)24-10-11-2-5-14(20)6-3-11/h2-9H,10H2,1H3,(H,21,25). The predicted molar refractivity (Wildman–Crippen MR) is 101 cm³/mol. The molecule has 2 aromatic rings. The maximum absolute atomic E-state index is 13.0. The van der Waals surface area contributed by atoms with Crippen molar-refractivity contribution in [2.24, 2.45) is 0 Å². The molecule has 0 unspecified atom stereocenters. The minimum Gasteiger partial charge on any atom is -0.488 e. The highest BCUT2D eigenvalue weighted by Crippen LogP contribution is 2.27. The van der Waals surface area contributed by atoms with Crippen LogP contribution in [-0.4, -0.2) is 23.0 Å². The number of carbonyl (C=O) groups is 1. The second kappa shape index (κ2) is 7.33. The first kappa shape index (κ1) is 17.6. The molecule has 25 heavy (non-hydrogen) atoms. The third-order valence-electron chi connectivity index (χ3n) is 3.66. The molecular formula is C18H14BrFN2O2S. The van der Waals surface area contributed by atoms with E-state index in [-0.39, 0.29) is 18.3 Å². The van der Waals surface area contributed by atoms with Crippen LogP contribution in [-0.2, 0) is 11.4 Å². The van der Waals surface area contributed by atoms with Gasteiger partial charge in [-0.15, -0.1) is 0 Å². The Bertz CT molecular complexity index is 868. The number of thiocarbonyl (C=S) groups is 1. The van der Waals surface area contributed by atoms with E-state index < -0.39 is 0 Å². The third-order valence-corrected chi connectivity index (χ3v) is 4.53. The van der Waals surface area contributed by atoms with E-state index in [1.807, 2.05) is 18.2 Å². The predicted octanol–water partition coefficient (Wildman–Crippen LogP) is 3.85. The van der Waals surface area contributed by atoms with E-state index in [9.17, 15) is 9.18 Å². The minimum atomic E-state index is -0.288. The number of hydrogen-bond donors (Lipinski definition) is 1. The van der Waals surface area contributed by atoms with Crippen molar-refractivity contribution in [2.45, 2.75) is 6.61 Å². The molecule has 0 saturated carbocycles. The van der Waals surface area contributed by atoms with Gasteiger partial charge in [0.05, 0.1) is 0 Å². The molecule has 0 radical (unpaired) electrons. The molecular weight excluding hydrogens is 407 g/mol. The van der Waals surface area contributed by atoms with E-state index in [1.165, 1.54) is 17.0 Å². The zero-order chi connectivity index (χ0) is 18.0. The van der Waals surface area contributed by atoms with Crippen molar-refractivity contribution in [3.63, 3.8) is 0 Å². The fourth-order valence-corrected chi connectivity index (χ4v) is 2.86. The summed E-state index contributed by atoms with van der Waals surface area (Å²) in [6, 6.07) is 11.6. The van der Waals surface area contributed by atoms with E-state index >= 15 is 0 Å². The summed E-state index contributed by atoms with van der Waals surface area (Å²) in [5.41, 5.74) is 1.96. The van der Waals surface area contributed by atoms with Crippen LogP contribution >= 0.6 is 28.1 Å². The van der Waals surface area contributed by atoms with Crippen LogP contribution in [0.5, 0.6) is 5.75 Å². The first-order chi connectivity index (χ1) is 11.9. The molecule has 2 aromatic carbocycles. The molecule has 1 aliphatic rings. The summed E-state index contributed by atoms with van der Waals surface area (Å²) in [6.45, 7) is 0.289. The maximum Gasteiger partial charge on any atom is 0.276 e. The molecule has 4 nitrogen and oxygen atoms in total. The van der Waals surface area contributed by atoms with Crippen molar-refractivity contribution in [1.82, 2.24) is 10.2 Å². The van der Waals surface area contributed by atoms with Gasteiger partial charge in [-0.1, -0.05) is 28.1 Å². The number of hydrogen-bond acceptors (Lipinski definition) is 3. The Morgan fingerprint density at radius 3 is 2.64 bits per heavy atom. The van der Waals surface area contributed by atoms with Gasteiger partial charge in [0.25, 0.3) is 5.91 Å². The fraction of sp³-hybridized carbons (Fsp3) is 0.111. The third kappa shape index (κ3) is 4.05. The van der Waals surface area contributed by atoms with Crippen LogP contribution in [0.2, 0.25) is 0 Å². The van der Waals surface area contributed by atoms with Crippen molar-refractivity contribution in [3.05, 3.63) is 69.6 Å². The molecule has 128 valence electrons. The summed E-state index contributed by atoms with van der Waals surface area (Å²) >= 11 is 8.50. The van der Waals surface area contributed by atoms with Gasteiger partial charge in [0.1, 0.15) is 23.9 Å². The molecule has 0 aromatic heterocycles. The lowest BCUT2D eigenvalue weighted by Gasteiger charge is -2.10. The second-order valence-electron chi connectivity index (χ2n) is 5.45. The molecule has 1 saturated heterocycles. The number of likely N-dealkylation sites (N-methyl/N-ethyl adjacent to an activating group) is 1. The average molecular weight is 421 g/mol. The molecule has 1 heterocycles. The fourth-order valence-electron chi connectivity index (χ4n) is 2.28. The number of benzene rings is 2. The summed E-state index contributed by atoms with van der Waals surface area (Å²) in [5, 5.41) is 3.25. The van der Waals surface area contributed by atoms with Crippen LogP contribution in [0.4, 0.5) is 4.39 Å². The molecule has 0 aliphatic carbocycles. The molecule has 0 bridgehead atoms. The molecule has 3 rings (SSSR count). The Labute approximate surface area is 158 Å². The largest absolute Gasteiger partial charge is 0.488 e. The van der Waals surface area contributed by atoms with Crippen molar-refractivity contribution >= 4 is 45.2 Å². The molecule has 1 aliphatic heterocycles. The Balaban J connectivity index is 1.84. The Hall–Kier alpha value is -2.25. The molecule has 0 atom stereocenters. The topological polar surface area (TPSA) is 41.6 Å². The van der Waals surface area contributed by atoms with E-state index in [0.29, 0.717) is 16.6 Å². The summed E-state index contributed by atoms with van der Waals surface area (Å²) in [5.74, 6) is 0.119. The molecule has 1 fully saturated rings. The van der Waals surface area contributed by atoms with Crippen LogP contribution in [0.15, 0.2) is 52.6 Å². The van der Waals surface area contributed by atoms with Gasteiger partial charge in [-0.05, 0) is 54.2 Å². The average Bonchev–Trinajstić information content (AvgIpc) is 2.83. The first-order valence-corrected chi connectivity index (χ1v) is 8.61. The summed E-state index contributed by atoms with van der Waals surface area (Å²) in [4.78, 5) is 13.5. The van der Waals surface area contributed by atoms with Crippen molar-refractivity contribution in [1.29, 1.82) is 0 Å². The van der Waals surface area contributed by atoms with E-state index in [0.717, 1.165) is 15.6 Å². The Morgan fingerprint density at radius 2 is 2.00 bits per heavy atom. The Kier molecular flexibility index (Phi) is 5.15. The van der Waals surface area contributed by atoms with Crippen molar-refractivity contribution in [2.75, 3.05) is 7.05 Å². The summed E-state index contributed by atoms with van der Waals surface area (Å²) in [6.07, 6.45) is 1.70. The minimum absolute atomic E-state index is 0.200. The van der Waals surface area contributed by atoms with Gasteiger partial charge in [-0.2, -0.15) is 0 Å². The van der Waals surface area contributed by atoms with E-state index in [1.54, 1.807) is 25.3 Å². The first-order valence-electron chi connectivity index (χ1n) is 7.41. The normalized spacial score (nSPS) is 15.6. The lowest BCUT2D eigenvalue weighted by atomic mass is 10.1. The second-order valence-corrected chi connectivity index (χ2v) is 6.75. The summed E-state index contributed by atoms with van der Waals surface area (Å²) in [7, 11) is 1.62. The van der Waals surface area contributed by atoms with E-state index in [4.69, 9.17) is 17.0 Å². The zero-order valence-electron chi connectivity index (χ0n) is 13.3. The number of nitrogens with zero attached hydrogens (tertiary/aromatic N) is 1. The molecule has 1 amide bonds. The van der Waals surface area contributed by atoms with Crippen LogP contribution in [0.25, 0.3) is 6.08 Å². The van der Waals surface area contributed by atoms with Gasteiger partial charge in [-0.3, -0.25) is 9.69 Å². The van der Waals surface area contributed by atoms with Gasteiger partial charge in [0.2, 0.25) is 0 Å². The number of halogens is 2. The highest BCUT2D eigenvalue weighted by atomic mass is 79.9. The number of amides is 1. The quantitative estimate of drug-likeness (QED) is 0.602. The molecule has 0 spiro atoms. The lowest BCUT2D eigenvalue weighted by Crippen LogP contribution is -2.25. The van der Waals surface area contributed by atoms with Gasteiger partial charge < -0.3 is 10.1 Å². The highest BCUT2D eigenvalue weighted by Gasteiger charge is 2.27. The molecule has 7 heteroatoms. The number of nitrogens with one attached hydrogen (secondary N) is 1. The lowest BCUT2D eigenvalue weighted by molar-refractivity contribution is -0.121. The highest BCUT2D eigenvalue weighted by molar-refractivity contribution is 9.10. The van der Waals surface area contributed by atoms with Crippen LogP contribution in [0.1, 0.15) is 11.1 Å². The number of carbonyl (C=O) groups excluding carboxylic acids is 1. The van der Waals surface area contributed by atoms with Gasteiger partial charge in [-0.25, -0.2) is 4.39 Å².